The molecule has 0 aliphatic heterocycles. The highest BCUT2D eigenvalue weighted by Crippen LogP contribution is 2.31. The second-order valence-electron chi connectivity index (χ2n) is 4.72. The molecule has 1 aliphatic rings. The van der Waals surface area contributed by atoms with E-state index in [2.05, 4.69) is 10.6 Å². The van der Waals surface area contributed by atoms with Crippen LogP contribution in [-0.2, 0) is 4.79 Å². The van der Waals surface area contributed by atoms with Crippen LogP contribution in [0.1, 0.15) is 45.4 Å². The van der Waals surface area contributed by atoms with E-state index in [0.29, 0.717) is 13.0 Å². The van der Waals surface area contributed by atoms with Crippen molar-refractivity contribution in [3.8, 4) is 0 Å². The third kappa shape index (κ3) is 6.81. The SMILES string of the molecule is CCCC(CC(=O)O)NC(=O)NCCC1CC1. The fraction of sp³-hybridized carbons (Fsp3) is 0.833. The summed E-state index contributed by atoms with van der Waals surface area (Å²) in [5.41, 5.74) is 0. The fourth-order valence-electron chi connectivity index (χ4n) is 1.82. The first kappa shape index (κ1) is 13.8. The fourth-order valence-corrected chi connectivity index (χ4v) is 1.82. The third-order valence-corrected chi connectivity index (χ3v) is 2.93. The van der Waals surface area contributed by atoms with Gasteiger partial charge in [-0.25, -0.2) is 4.79 Å². The molecule has 3 N–H and O–H groups in total. The Kier molecular flexibility index (Phi) is 5.80. The molecular formula is C12H22N2O3. The summed E-state index contributed by atoms with van der Waals surface area (Å²) in [4.78, 5) is 22.1. The molecule has 0 spiro atoms. The van der Waals surface area contributed by atoms with Crippen molar-refractivity contribution in [2.45, 2.75) is 51.5 Å². The number of aliphatic carboxylic acids is 1. The number of nitrogens with one attached hydrogen (secondary N) is 2. The summed E-state index contributed by atoms with van der Waals surface area (Å²) in [5, 5.41) is 14.2. The van der Waals surface area contributed by atoms with Crippen molar-refractivity contribution in [3.05, 3.63) is 0 Å². The van der Waals surface area contributed by atoms with Crippen molar-refractivity contribution in [2.75, 3.05) is 6.54 Å². The zero-order valence-electron chi connectivity index (χ0n) is 10.4. The highest BCUT2D eigenvalue weighted by molar-refractivity contribution is 5.75. The van der Waals surface area contributed by atoms with Gasteiger partial charge in [-0.05, 0) is 18.8 Å². The first-order valence-electron chi connectivity index (χ1n) is 6.38. The van der Waals surface area contributed by atoms with Crippen molar-refractivity contribution in [1.29, 1.82) is 0 Å². The van der Waals surface area contributed by atoms with Crippen LogP contribution in [0.5, 0.6) is 0 Å². The Bertz CT molecular complexity index is 264. The van der Waals surface area contributed by atoms with E-state index in [9.17, 15) is 9.59 Å². The minimum absolute atomic E-state index is 0.0100. The number of hydrogen-bond donors (Lipinski definition) is 3. The molecule has 5 nitrogen and oxygen atoms in total. The summed E-state index contributed by atoms with van der Waals surface area (Å²) < 4.78 is 0. The zero-order valence-corrected chi connectivity index (χ0v) is 10.4. The molecule has 0 aromatic carbocycles. The molecule has 0 aromatic heterocycles. The lowest BCUT2D eigenvalue weighted by Crippen LogP contribution is -2.43. The molecule has 1 aliphatic carbocycles. The van der Waals surface area contributed by atoms with Gasteiger partial charge in [0.25, 0.3) is 0 Å². The van der Waals surface area contributed by atoms with Gasteiger partial charge in [0.2, 0.25) is 0 Å². The van der Waals surface area contributed by atoms with E-state index in [1.54, 1.807) is 0 Å². The Morgan fingerprint density at radius 3 is 2.65 bits per heavy atom. The molecule has 98 valence electrons. The van der Waals surface area contributed by atoms with E-state index in [1.165, 1.54) is 12.8 Å². The van der Waals surface area contributed by atoms with Crippen LogP contribution in [0.2, 0.25) is 0 Å². The number of urea groups is 1. The molecule has 17 heavy (non-hydrogen) atoms. The van der Waals surface area contributed by atoms with Crippen LogP contribution in [-0.4, -0.2) is 29.7 Å². The summed E-state index contributed by atoms with van der Waals surface area (Å²) in [6.45, 7) is 2.66. The van der Waals surface area contributed by atoms with Crippen molar-refractivity contribution < 1.29 is 14.7 Å². The molecule has 2 amide bonds. The van der Waals surface area contributed by atoms with Crippen molar-refractivity contribution in [2.24, 2.45) is 5.92 Å². The van der Waals surface area contributed by atoms with Crippen LogP contribution in [0.4, 0.5) is 4.79 Å². The van der Waals surface area contributed by atoms with Crippen molar-refractivity contribution in [3.63, 3.8) is 0 Å². The standard InChI is InChI=1S/C12H22N2O3/c1-2-3-10(8-11(15)16)14-12(17)13-7-6-9-4-5-9/h9-10H,2-8H2,1H3,(H,15,16)(H2,13,14,17). The lowest BCUT2D eigenvalue weighted by molar-refractivity contribution is -0.137. The molecule has 0 aromatic rings. The molecule has 0 heterocycles. The van der Waals surface area contributed by atoms with Crippen LogP contribution >= 0.6 is 0 Å². The molecule has 0 saturated heterocycles. The summed E-state index contributed by atoms with van der Waals surface area (Å²) in [7, 11) is 0. The van der Waals surface area contributed by atoms with Gasteiger partial charge in [0.05, 0.1) is 6.42 Å². The van der Waals surface area contributed by atoms with E-state index in [0.717, 1.165) is 18.8 Å². The van der Waals surface area contributed by atoms with Crippen LogP contribution in [0, 0.1) is 5.92 Å². The van der Waals surface area contributed by atoms with Crippen molar-refractivity contribution >= 4 is 12.0 Å². The van der Waals surface area contributed by atoms with E-state index < -0.39 is 5.97 Å². The molecule has 1 unspecified atom stereocenters. The molecule has 1 fully saturated rings. The average molecular weight is 242 g/mol. The number of carboxylic acids is 1. The molecular weight excluding hydrogens is 220 g/mol. The number of rotatable bonds is 8. The molecule has 5 heteroatoms. The number of carbonyl (C=O) groups is 2. The Morgan fingerprint density at radius 2 is 2.12 bits per heavy atom. The van der Waals surface area contributed by atoms with E-state index >= 15 is 0 Å². The maximum absolute atomic E-state index is 11.5. The normalized spacial score (nSPS) is 16.3. The Morgan fingerprint density at radius 1 is 1.41 bits per heavy atom. The maximum Gasteiger partial charge on any atom is 0.315 e. The summed E-state index contributed by atoms with van der Waals surface area (Å²) in [6.07, 6.45) is 5.14. The van der Waals surface area contributed by atoms with Gasteiger partial charge in [0.1, 0.15) is 0 Å². The Hall–Kier alpha value is -1.26. The van der Waals surface area contributed by atoms with E-state index in [4.69, 9.17) is 5.11 Å². The minimum Gasteiger partial charge on any atom is -0.481 e. The molecule has 1 saturated carbocycles. The second-order valence-corrected chi connectivity index (χ2v) is 4.72. The lowest BCUT2D eigenvalue weighted by atomic mass is 10.1. The van der Waals surface area contributed by atoms with E-state index in [1.807, 2.05) is 6.92 Å². The predicted octanol–water partition coefficient (Wildman–Crippen LogP) is 1.73. The van der Waals surface area contributed by atoms with E-state index in [-0.39, 0.29) is 18.5 Å². The van der Waals surface area contributed by atoms with Crippen LogP contribution in [0.15, 0.2) is 0 Å². The third-order valence-electron chi connectivity index (χ3n) is 2.93. The molecule has 0 bridgehead atoms. The average Bonchev–Trinajstić information content (AvgIpc) is 3.00. The minimum atomic E-state index is -0.873. The summed E-state index contributed by atoms with van der Waals surface area (Å²) in [5.74, 6) is -0.0810. The maximum atomic E-state index is 11.5. The summed E-state index contributed by atoms with van der Waals surface area (Å²) in [6, 6.07) is -0.510. The van der Waals surface area contributed by atoms with Crippen molar-refractivity contribution in [1.82, 2.24) is 10.6 Å². The Labute approximate surface area is 102 Å². The molecule has 0 radical (unpaired) electrons. The Balaban J connectivity index is 2.16. The topological polar surface area (TPSA) is 78.4 Å². The van der Waals surface area contributed by atoms with Gasteiger partial charge in [-0.1, -0.05) is 26.2 Å². The quantitative estimate of drug-likeness (QED) is 0.606. The van der Waals surface area contributed by atoms with Gasteiger partial charge < -0.3 is 15.7 Å². The van der Waals surface area contributed by atoms with Gasteiger partial charge >= 0.3 is 12.0 Å². The number of carboxylic acid groups (broad SMARTS) is 1. The number of hydrogen-bond acceptors (Lipinski definition) is 2. The number of carbonyl (C=O) groups excluding carboxylic acids is 1. The smallest absolute Gasteiger partial charge is 0.315 e. The largest absolute Gasteiger partial charge is 0.481 e. The van der Waals surface area contributed by atoms with Crippen LogP contribution in [0.3, 0.4) is 0 Å². The van der Waals surface area contributed by atoms with Crippen LogP contribution in [0.25, 0.3) is 0 Å². The first-order valence-corrected chi connectivity index (χ1v) is 6.38. The number of amides is 2. The zero-order chi connectivity index (χ0) is 12.7. The molecule has 1 rings (SSSR count). The van der Waals surface area contributed by atoms with Gasteiger partial charge in [0.15, 0.2) is 0 Å². The molecule has 1 atom stereocenters. The monoisotopic (exact) mass is 242 g/mol. The first-order chi connectivity index (χ1) is 8.11. The van der Waals surface area contributed by atoms with Gasteiger partial charge in [0, 0.05) is 12.6 Å². The van der Waals surface area contributed by atoms with Gasteiger partial charge in [-0.15, -0.1) is 0 Å². The highest BCUT2D eigenvalue weighted by atomic mass is 16.4. The lowest BCUT2D eigenvalue weighted by Gasteiger charge is -2.16. The van der Waals surface area contributed by atoms with Crippen LogP contribution < -0.4 is 10.6 Å². The predicted molar refractivity (Wildman–Crippen MR) is 64.8 cm³/mol. The highest BCUT2D eigenvalue weighted by Gasteiger charge is 2.21. The van der Waals surface area contributed by atoms with Gasteiger partial charge in [-0.2, -0.15) is 0 Å². The second kappa shape index (κ2) is 7.14. The van der Waals surface area contributed by atoms with Gasteiger partial charge in [-0.3, -0.25) is 4.79 Å². The summed E-state index contributed by atoms with van der Waals surface area (Å²) >= 11 is 0.